The lowest BCUT2D eigenvalue weighted by molar-refractivity contribution is -0.137. The Morgan fingerprint density at radius 2 is 2.21 bits per heavy atom. The van der Waals surface area contributed by atoms with Crippen LogP contribution in [-0.2, 0) is 4.79 Å². The number of hydrogen-bond acceptors (Lipinski definition) is 3. The zero-order valence-corrected chi connectivity index (χ0v) is 11.5. The molecule has 0 saturated carbocycles. The number of ether oxygens (including phenoxy) is 1. The van der Waals surface area contributed by atoms with Crippen molar-refractivity contribution in [3.8, 4) is 5.75 Å². The Morgan fingerprint density at radius 3 is 2.68 bits per heavy atom. The van der Waals surface area contributed by atoms with Gasteiger partial charge in [-0.25, -0.2) is 4.39 Å². The number of methoxy groups -OCH3 is 1. The Bertz CT molecular complexity index is 437. The van der Waals surface area contributed by atoms with Crippen molar-refractivity contribution < 1.29 is 19.0 Å². The van der Waals surface area contributed by atoms with Crippen LogP contribution >= 0.6 is 0 Å². The molecule has 0 saturated heterocycles. The van der Waals surface area contributed by atoms with Crippen LogP contribution in [0, 0.1) is 5.82 Å². The van der Waals surface area contributed by atoms with Gasteiger partial charge in [-0.3, -0.25) is 9.69 Å². The summed E-state index contributed by atoms with van der Waals surface area (Å²) >= 11 is 0. The number of carboxylic acid groups (broad SMARTS) is 1. The lowest BCUT2D eigenvalue weighted by atomic mass is 10.1. The average molecular weight is 269 g/mol. The molecule has 1 aromatic carbocycles. The number of rotatable bonds is 7. The first-order valence-electron chi connectivity index (χ1n) is 6.28. The predicted molar refractivity (Wildman–Crippen MR) is 70.9 cm³/mol. The second-order valence-electron chi connectivity index (χ2n) is 4.34. The van der Waals surface area contributed by atoms with Gasteiger partial charge in [0.15, 0.2) is 11.6 Å². The number of carbonyl (C=O) groups is 1. The van der Waals surface area contributed by atoms with Crippen molar-refractivity contribution in [3.05, 3.63) is 29.6 Å². The normalized spacial score (nSPS) is 12.5. The Labute approximate surface area is 112 Å². The van der Waals surface area contributed by atoms with Crippen molar-refractivity contribution in [2.75, 3.05) is 20.2 Å². The van der Waals surface area contributed by atoms with Gasteiger partial charge in [0, 0.05) is 12.6 Å². The van der Waals surface area contributed by atoms with Crippen molar-refractivity contribution in [1.82, 2.24) is 4.90 Å². The molecule has 106 valence electrons. The molecule has 0 aliphatic carbocycles. The molecule has 0 aliphatic rings. The molecule has 19 heavy (non-hydrogen) atoms. The van der Waals surface area contributed by atoms with Crippen molar-refractivity contribution in [1.29, 1.82) is 0 Å². The minimum absolute atomic E-state index is 0.0373. The number of hydrogen-bond donors (Lipinski definition) is 1. The number of carboxylic acids is 1. The Kier molecular flexibility index (Phi) is 5.76. The molecule has 4 nitrogen and oxygen atoms in total. The fourth-order valence-corrected chi connectivity index (χ4v) is 2.02. The van der Waals surface area contributed by atoms with Crippen molar-refractivity contribution in [3.63, 3.8) is 0 Å². The van der Waals surface area contributed by atoms with E-state index in [0.29, 0.717) is 13.1 Å². The highest BCUT2D eigenvalue weighted by Crippen LogP contribution is 2.25. The highest BCUT2D eigenvalue weighted by molar-refractivity contribution is 5.66. The number of aliphatic carboxylic acids is 1. The molecular formula is C14H20FNO3. The van der Waals surface area contributed by atoms with E-state index >= 15 is 0 Å². The van der Waals surface area contributed by atoms with Gasteiger partial charge < -0.3 is 9.84 Å². The van der Waals surface area contributed by atoms with Gasteiger partial charge in [0.1, 0.15) is 0 Å². The molecule has 0 fully saturated rings. The van der Waals surface area contributed by atoms with Crippen LogP contribution < -0.4 is 4.74 Å². The van der Waals surface area contributed by atoms with E-state index in [2.05, 4.69) is 0 Å². The summed E-state index contributed by atoms with van der Waals surface area (Å²) < 4.78 is 18.5. The van der Waals surface area contributed by atoms with E-state index in [9.17, 15) is 9.18 Å². The van der Waals surface area contributed by atoms with Gasteiger partial charge in [-0.05, 0) is 31.2 Å². The van der Waals surface area contributed by atoms with Gasteiger partial charge in [-0.15, -0.1) is 0 Å². The van der Waals surface area contributed by atoms with Crippen LogP contribution in [0.2, 0.25) is 0 Å². The summed E-state index contributed by atoms with van der Waals surface area (Å²) in [6.45, 7) is 5.05. The minimum atomic E-state index is -0.827. The van der Waals surface area contributed by atoms with Crippen LogP contribution in [-0.4, -0.2) is 36.2 Å². The maximum atomic E-state index is 13.7. The molecule has 0 radical (unpaired) electrons. The van der Waals surface area contributed by atoms with Crippen LogP contribution in [0.4, 0.5) is 4.39 Å². The van der Waals surface area contributed by atoms with Gasteiger partial charge >= 0.3 is 5.97 Å². The van der Waals surface area contributed by atoms with Gasteiger partial charge in [0.25, 0.3) is 0 Å². The molecule has 0 bridgehead atoms. The topological polar surface area (TPSA) is 49.8 Å². The minimum Gasteiger partial charge on any atom is -0.494 e. The first-order valence-corrected chi connectivity index (χ1v) is 6.28. The third kappa shape index (κ3) is 4.21. The third-order valence-electron chi connectivity index (χ3n) is 3.23. The average Bonchev–Trinajstić information content (AvgIpc) is 2.38. The van der Waals surface area contributed by atoms with Gasteiger partial charge in [0.05, 0.1) is 13.5 Å². The fraction of sp³-hybridized carbons (Fsp3) is 0.500. The van der Waals surface area contributed by atoms with Gasteiger partial charge in [0.2, 0.25) is 0 Å². The Balaban J connectivity index is 2.81. The molecule has 1 atom stereocenters. The molecule has 0 aromatic heterocycles. The SMILES string of the molecule is CCN(CCC(=O)O)C(C)c1ccc(OC)c(F)c1. The van der Waals surface area contributed by atoms with E-state index in [1.54, 1.807) is 12.1 Å². The molecule has 0 aliphatic heterocycles. The molecular weight excluding hydrogens is 249 g/mol. The fourth-order valence-electron chi connectivity index (χ4n) is 2.02. The van der Waals surface area contributed by atoms with Crippen molar-refractivity contribution >= 4 is 5.97 Å². The standard InChI is InChI=1S/C14H20FNO3/c1-4-16(8-7-14(17)18)10(2)11-5-6-13(19-3)12(15)9-11/h5-6,9-10H,4,7-8H2,1-3H3,(H,17,18). The van der Waals surface area contributed by atoms with Crippen LogP contribution in [0.5, 0.6) is 5.75 Å². The molecule has 1 rings (SSSR count). The van der Waals surface area contributed by atoms with E-state index in [1.165, 1.54) is 13.2 Å². The second-order valence-corrected chi connectivity index (χ2v) is 4.34. The number of halogens is 1. The maximum Gasteiger partial charge on any atom is 0.304 e. The highest BCUT2D eigenvalue weighted by Gasteiger charge is 2.16. The molecule has 0 heterocycles. The summed E-state index contributed by atoms with van der Waals surface area (Å²) in [5.41, 5.74) is 0.811. The largest absolute Gasteiger partial charge is 0.494 e. The second kappa shape index (κ2) is 7.09. The van der Waals surface area contributed by atoms with Crippen molar-refractivity contribution in [2.24, 2.45) is 0 Å². The maximum absolute atomic E-state index is 13.7. The molecule has 0 amide bonds. The van der Waals surface area contributed by atoms with Crippen LogP contribution in [0.3, 0.4) is 0 Å². The first kappa shape index (κ1) is 15.4. The predicted octanol–water partition coefficient (Wildman–Crippen LogP) is 2.69. The summed E-state index contributed by atoms with van der Waals surface area (Å²) in [6, 6.07) is 4.79. The Morgan fingerprint density at radius 1 is 1.53 bits per heavy atom. The smallest absolute Gasteiger partial charge is 0.304 e. The highest BCUT2D eigenvalue weighted by atomic mass is 19.1. The number of benzene rings is 1. The first-order chi connectivity index (χ1) is 8.99. The monoisotopic (exact) mass is 269 g/mol. The van der Waals surface area contributed by atoms with Gasteiger partial charge in [-0.2, -0.15) is 0 Å². The summed E-state index contributed by atoms with van der Waals surface area (Å²) in [6.07, 6.45) is 0.0802. The lowest BCUT2D eigenvalue weighted by Crippen LogP contribution is -2.29. The van der Waals surface area contributed by atoms with Crippen molar-refractivity contribution in [2.45, 2.75) is 26.3 Å². The summed E-state index contributed by atoms with van der Waals surface area (Å²) in [5, 5.41) is 8.72. The molecule has 1 aromatic rings. The third-order valence-corrected chi connectivity index (χ3v) is 3.23. The number of nitrogens with zero attached hydrogens (tertiary/aromatic N) is 1. The van der Waals surface area contributed by atoms with E-state index in [0.717, 1.165) is 5.56 Å². The van der Waals surface area contributed by atoms with Gasteiger partial charge in [-0.1, -0.05) is 13.0 Å². The molecule has 5 heteroatoms. The summed E-state index contributed by atoms with van der Waals surface area (Å²) in [5.74, 6) is -1.02. The zero-order chi connectivity index (χ0) is 14.4. The molecule has 1 unspecified atom stereocenters. The van der Waals surface area contributed by atoms with E-state index in [-0.39, 0.29) is 18.2 Å². The summed E-state index contributed by atoms with van der Waals surface area (Å²) in [4.78, 5) is 12.6. The lowest BCUT2D eigenvalue weighted by Gasteiger charge is -2.27. The Hall–Kier alpha value is -1.62. The van der Waals surface area contributed by atoms with Crippen LogP contribution in [0.15, 0.2) is 18.2 Å². The van der Waals surface area contributed by atoms with Crippen LogP contribution in [0.1, 0.15) is 31.9 Å². The quantitative estimate of drug-likeness (QED) is 0.827. The van der Waals surface area contributed by atoms with Crippen LogP contribution in [0.25, 0.3) is 0 Å². The molecule has 1 N–H and O–H groups in total. The molecule has 0 spiro atoms. The summed E-state index contributed by atoms with van der Waals surface area (Å²) in [7, 11) is 1.42. The van der Waals surface area contributed by atoms with E-state index in [4.69, 9.17) is 9.84 Å². The van der Waals surface area contributed by atoms with E-state index in [1.807, 2.05) is 18.7 Å². The zero-order valence-electron chi connectivity index (χ0n) is 11.5. The van der Waals surface area contributed by atoms with E-state index < -0.39 is 11.8 Å².